The predicted molar refractivity (Wildman–Crippen MR) is 173 cm³/mol. The van der Waals surface area contributed by atoms with Gasteiger partial charge in [-0.25, -0.2) is 0 Å². The van der Waals surface area contributed by atoms with E-state index in [1.54, 1.807) is 91.0 Å². The quantitative estimate of drug-likeness (QED) is 0.153. The highest BCUT2D eigenvalue weighted by Crippen LogP contribution is 2.19. The first-order valence-corrected chi connectivity index (χ1v) is 13.9. The number of anilines is 4. The highest BCUT2D eigenvalue weighted by Gasteiger charge is 2.13. The van der Waals surface area contributed by atoms with Crippen LogP contribution in [0.15, 0.2) is 121 Å². The minimum Gasteiger partial charge on any atom is -0.322 e. The molecule has 4 amide bonds. The molecular formula is C36H30N4O4. The Labute approximate surface area is 255 Å². The van der Waals surface area contributed by atoms with Crippen molar-refractivity contribution >= 4 is 46.4 Å². The van der Waals surface area contributed by atoms with Crippen molar-refractivity contribution in [1.82, 2.24) is 0 Å². The molecule has 0 saturated carbocycles. The number of carbonyl (C=O) groups excluding carboxylic acids is 4. The Kier molecular flexibility index (Phi) is 8.91. The second-order valence-corrected chi connectivity index (χ2v) is 10.3. The molecule has 5 rings (SSSR count). The number of amides is 4. The Morgan fingerprint density at radius 3 is 0.932 bits per heavy atom. The van der Waals surface area contributed by atoms with Gasteiger partial charge in [0.1, 0.15) is 0 Å². The van der Waals surface area contributed by atoms with E-state index in [0.717, 1.165) is 11.1 Å². The van der Waals surface area contributed by atoms with E-state index in [1.807, 2.05) is 38.1 Å². The molecule has 0 saturated heterocycles. The molecule has 0 aliphatic heterocycles. The second kappa shape index (κ2) is 13.3. The lowest BCUT2D eigenvalue weighted by molar-refractivity contribution is 0.101. The van der Waals surface area contributed by atoms with E-state index in [9.17, 15) is 19.2 Å². The SMILES string of the molecule is Cc1ccc(C(=O)Nc2ccc(NC(=O)c3cccc(C(=O)Nc4ccc(NC(=O)c5ccc(C)cc5)cc4)c3)cc2)cc1. The Morgan fingerprint density at radius 2 is 0.636 bits per heavy atom. The molecule has 0 unspecified atom stereocenters. The van der Waals surface area contributed by atoms with Gasteiger partial charge in [0.25, 0.3) is 23.6 Å². The fourth-order valence-corrected chi connectivity index (χ4v) is 4.30. The van der Waals surface area contributed by atoms with Crippen LogP contribution in [-0.4, -0.2) is 23.6 Å². The fourth-order valence-electron chi connectivity index (χ4n) is 4.30. The van der Waals surface area contributed by atoms with Crippen LogP contribution in [0.25, 0.3) is 0 Å². The van der Waals surface area contributed by atoms with E-state index in [-0.39, 0.29) is 23.6 Å². The molecule has 0 aliphatic carbocycles. The Morgan fingerprint density at radius 1 is 0.364 bits per heavy atom. The molecule has 0 radical (unpaired) electrons. The van der Waals surface area contributed by atoms with Crippen molar-refractivity contribution in [2.45, 2.75) is 13.8 Å². The van der Waals surface area contributed by atoms with Crippen LogP contribution in [0.1, 0.15) is 52.6 Å². The maximum atomic E-state index is 12.9. The molecule has 8 nitrogen and oxygen atoms in total. The predicted octanol–water partition coefficient (Wildman–Crippen LogP) is 7.31. The van der Waals surface area contributed by atoms with Gasteiger partial charge in [0, 0.05) is 45.0 Å². The molecule has 218 valence electrons. The van der Waals surface area contributed by atoms with Gasteiger partial charge in [-0.15, -0.1) is 0 Å². The number of hydrogen-bond acceptors (Lipinski definition) is 4. The van der Waals surface area contributed by atoms with Gasteiger partial charge in [0.15, 0.2) is 0 Å². The van der Waals surface area contributed by atoms with Gasteiger partial charge in [0.2, 0.25) is 0 Å². The summed E-state index contributed by atoms with van der Waals surface area (Å²) in [5, 5.41) is 11.3. The number of nitrogens with one attached hydrogen (secondary N) is 4. The van der Waals surface area contributed by atoms with Gasteiger partial charge >= 0.3 is 0 Å². The summed E-state index contributed by atoms with van der Waals surface area (Å²) in [7, 11) is 0. The minimum atomic E-state index is -0.384. The normalized spacial score (nSPS) is 10.4. The number of rotatable bonds is 8. The summed E-state index contributed by atoms with van der Waals surface area (Å²) in [5.41, 5.74) is 6.11. The molecule has 0 heterocycles. The van der Waals surface area contributed by atoms with Gasteiger partial charge in [-0.3, -0.25) is 19.2 Å². The van der Waals surface area contributed by atoms with Crippen molar-refractivity contribution in [2.24, 2.45) is 0 Å². The smallest absolute Gasteiger partial charge is 0.255 e. The van der Waals surface area contributed by atoms with E-state index < -0.39 is 0 Å². The van der Waals surface area contributed by atoms with E-state index in [1.165, 1.54) is 6.07 Å². The minimum absolute atomic E-state index is 0.224. The van der Waals surface area contributed by atoms with Gasteiger partial charge < -0.3 is 21.3 Å². The second-order valence-electron chi connectivity index (χ2n) is 10.3. The zero-order valence-corrected chi connectivity index (χ0v) is 24.2. The number of aryl methyl sites for hydroxylation is 2. The summed E-state index contributed by atoms with van der Waals surface area (Å²) in [5.74, 6) is -1.22. The van der Waals surface area contributed by atoms with Gasteiger partial charge in [-0.1, -0.05) is 41.5 Å². The lowest BCUT2D eigenvalue weighted by Crippen LogP contribution is -2.16. The van der Waals surface area contributed by atoms with Crippen molar-refractivity contribution < 1.29 is 19.2 Å². The first-order chi connectivity index (χ1) is 21.2. The monoisotopic (exact) mass is 582 g/mol. The lowest BCUT2D eigenvalue weighted by Gasteiger charge is -2.10. The largest absolute Gasteiger partial charge is 0.322 e. The highest BCUT2D eigenvalue weighted by atomic mass is 16.2. The van der Waals surface area contributed by atoms with Gasteiger partial charge in [-0.05, 0) is 105 Å². The first kappa shape index (κ1) is 29.5. The average Bonchev–Trinajstić information content (AvgIpc) is 3.03. The summed E-state index contributed by atoms with van der Waals surface area (Å²) < 4.78 is 0. The van der Waals surface area contributed by atoms with E-state index >= 15 is 0 Å². The molecule has 0 fully saturated rings. The Bertz CT molecular complexity index is 1680. The molecule has 8 heteroatoms. The zero-order chi connectivity index (χ0) is 31.1. The van der Waals surface area contributed by atoms with Crippen LogP contribution in [-0.2, 0) is 0 Å². The van der Waals surface area contributed by atoms with Crippen LogP contribution in [0.3, 0.4) is 0 Å². The summed E-state index contributed by atoms with van der Waals surface area (Å²) in [4.78, 5) is 50.8. The van der Waals surface area contributed by atoms with Gasteiger partial charge in [0.05, 0.1) is 0 Å². The van der Waals surface area contributed by atoms with Crippen LogP contribution >= 0.6 is 0 Å². The number of hydrogen-bond donors (Lipinski definition) is 4. The number of carbonyl (C=O) groups is 4. The molecule has 0 bridgehead atoms. The van der Waals surface area contributed by atoms with Crippen molar-refractivity contribution in [1.29, 1.82) is 0 Å². The van der Waals surface area contributed by atoms with Crippen molar-refractivity contribution in [2.75, 3.05) is 21.3 Å². The molecule has 44 heavy (non-hydrogen) atoms. The molecule has 0 aliphatic rings. The molecule has 5 aromatic rings. The standard InChI is InChI=1S/C36H30N4O4/c1-23-6-10-25(11-7-23)33(41)37-29-14-18-31(19-15-29)39-35(43)27-4-3-5-28(22-27)36(44)40-32-20-16-30(17-21-32)38-34(42)26-12-8-24(2)9-13-26/h3-22H,1-2H3,(H,37,41)(H,38,42)(H,39,43)(H,40,44). The summed E-state index contributed by atoms with van der Waals surface area (Å²) >= 11 is 0. The first-order valence-electron chi connectivity index (χ1n) is 13.9. The summed E-state index contributed by atoms with van der Waals surface area (Å²) in [6.45, 7) is 3.91. The molecular weight excluding hydrogens is 552 g/mol. The van der Waals surface area contributed by atoms with Crippen LogP contribution in [0.4, 0.5) is 22.7 Å². The summed E-state index contributed by atoms with van der Waals surface area (Å²) in [6, 6.07) is 34.5. The number of benzene rings is 5. The maximum Gasteiger partial charge on any atom is 0.255 e. The van der Waals surface area contributed by atoms with E-state index in [4.69, 9.17) is 0 Å². The van der Waals surface area contributed by atoms with Crippen LogP contribution in [0, 0.1) is 13.8 Å². The van der Waals surface area contributed by atoms with Crippen molar-refractivity contribution in [3.8, 4) is 0 Å². The van der Waals surface area contributed by atoms with Crippen molar-refractivity contribution in [3.63, 3.8) is 0 Å². The van der Waals surface area contributed by atoms with Crippen LogP contribution < -0.4 is 21.3 Å². The molecule has 4 N–H and O–H groups in total. The van der Waals surface area contributed by atoms with E-state index in [0.29, 0.717) is 45.0 Å². The third-order valence-electron chi connectivity index (χ3n) is 6.82. The molecule has 5 aromatic carbocycles. The maximum absolute atomic E-state index is 12.9. The topological polar surface area (TPSA) is 116 Å². The third-order valence-corrected chi connectivity index (χ3v) is 6.82. The average molecular weight is 583 g/mol. The zero-order valence-electron chi connectivity index (χ0n) is 24.2. The van der Waals surface area contributed by atoms with Gasteiger partial charge in [-0.2, -0.15) is 0 Å². The third kappa shape index (κ3) is 7.63. The van der Waals surface area contributed by atoms with E-state index in [2.05, 4.69) is 21.3 Å². The summed E-state index contributed by atoms with van der Waals surface area (Å²) in [6.07, 6.45) is 0. The molecule has 0 atom stereocenters. The van der Waals surface area contributed by atoms with Crippen LogP contribution in [0.2, 0.25) is 0 Å². The Balaban J connectivity index is 1.15. The van der Waals surface area contributed by atoms with Crippen LogP contribution in [0.5, 0.6) is 0 Å². The van der Waals surface area contributed by atoms with Crippen molar-refractivity contribution in [3.05, 3.63) is 155 Å². The Hall–Kier alpha value is -6.02. The fraction of sp³-hybridized carbons (Fsp3) is 0.0556. The highest BCUT2D eigenvalue weighted by molar-refractivity contribution is 6.09. The lowest BCUT2D eigenvalue weighted by atomic mass is 10.1. The molecule has 0 aromatic heterocycles. The molecule has 0 spiro atoms.